The van der Waals surface area contributed by atoms with Crippen LogP contribution in [0.15, 0.2) is 24.3 Å². The van der Waals surface area contributed by atoms with Gasteiger partial charge in [0.05, 0.1) is 0 Å². The Morgan fingerprint density at radius 3 is 2.47 bits per heavy atom. The van der Waals surface area contributed by atoms with Gasteiger partial charge in [0.25, 0.3) is 0 Å². The first-order valence-electron chi connectivity index (χ1n) is 5.65. The molecule has 0 spiro atoms. The van der Waals surface area contributed by atoms with Crippen LogP contribution in [-0.4, -0.2) is 10.2 Å². The van der Waals surface area contributed by atoms with Crippen molar-refractivity contribution in [3.05, 3.63) is 45.8 Å². The van der Waals surface area contributed by atoms with E-state index in [0.29, 0.717) is 0 Å². The predicted molar refractivity (Wildman–Crippen MR) is 69.1 cm³/mol. The molecule has 1 aliphatic carbocycles. The number of rotatable bonds is 0. The topological polar surface area (TPSA) is 40.5 Å². The lowest BCUT2D eigenvalue weighted by molar-refractivity contribution is 0.0161. The van der Waals surface area contributed by atoms with Crippen LogP contribution >= 0.6 is 11.3 Å². The normalized spacial score (nSPS) is 22.1. The lowest BCUT2D eigenvalue weighted by Gasteiger charge is -2.27. The highest BCUT2D eigenvalue weighted by Gasteiger charge is 2.32. The number of fused-ring (bicyclic) bond motifs is 3. The van der Waals surface area contributed by atoms with E-state index in [-0.39, 0.29) is 0 Å². The number of aliphatic hydroxyl groups excluding tert-OH is 2. The Morgan fingerprint density at radius 1 is 1.00 bits per heavy atom. The summed E-state index contributed by atoms with van der Waals surface area (Å²) in [5.41, 5.74) is 3.86. The van der Waals surface area contributed by atoms with Gasteiger partial charge in [-0.15, -0.1) is 11.3 Å². The summed E-state index contributed by atoms with van der Waals surface area (Å²) in [7, 11) is 0. The highest BCUT2D eigenvalue weighted by atomic mass is 32.1. The van der Waals surface area contributed by atoms with Gasteiger partial charge >= 0.3 is 0 Å². The SMILES string of the molecule is Cc1ccc2c(c1)C(O)C(O)c1cc(C)sc1-2. The Bertz CT molecular complexity index is 586. The van der Waals surface area contributed by atoms with Crippen molar-refractivity contribution in [2.45, 2.75) is 26.1 Å². The molecule has 1 aromatic carbocycles. The maximum Gasteiger partial charge on any atom is 0.110 e. The first-order valence-corrected chi connectivity index (χ1v) is 6.47. The fourth-order valence-electron chi connectivity index (χ4n) is 2.44. The average Bonchev–Trinajstić information content (AvgIpc) is 2.68. The largest absolute Gasteiger partial charge is 0.385 e. The standard InChI is InChI=1S/C14H14O2S/c1-7-3-4-9-10(5-7)12(15)13(16)11-6-8(2)17-14(9)11/h3-6,12-13,15-16H,1-2H3. The van der Waals surface area contributed by atoms with Crippen molar-refractivity contribution >= 4 is 11.3 Å². The van der Waals surface area contributed by atoms with Crippen LogP contribution < -0.4 is 0 Å². The number of hydrogen-bond acceptors (Lipinski definition) is 3. The second-order valence-electron chi connectivity index (χ2n) is 4.62. The fraction of sp³-hybridized carbons (Fsp3) is 0.286. The van der Waals surface area contributed by atoms with Gasteiger partial charge in [0, 0.05) is 15.3 Å². The average molecular weight is 246 g/mol. The van der Waals surface area contributed by atoms with Gasteiger partial charge in [-0.3, -0.25) is 0 Å². The van der Waals surface area contributed by atoms with Gasteiger partial charge in [0.1, 0.15) is 12.2 Å². The van der Waals surface area contributed by atoms with Crippen LogP contribution in [0.1, 0.15) is 33.8 Å². The smallest absolute Gasteiger partial charge is 0.110 e. The summed E-state index contributed by atoms with van der Waals surface area (Å²) in [6.45, 7) is 4.02. The van der Waals surface area contributed by atoms with Crippen LogP contribution in [0.2, 0.25) is 0 Å². The molecule has 1 heterocycles. The van der Waals surface area contributed by atoms with Crippen molar-refractivity contribution in [2.24, 2.45) is 0 Å². The Balaban J connectivity index is 2.31. The molecule has 0 fully saturated rings. The third-order valence-corrected chi connectivity index (χ3v) is 4.37. The van der Waals surface area contributed by atoms with Crippen molar-refractivity contribution in [3.8, 4) is 10.4 Å². The maximum atomic E-state index is 10.2. The molecule has 2 nitrogen and oxygen atoms in total. The van der Waals surface area contributed by atoms with Gasteiger partial charge in [-0.1, -0.05) is 23.8 Å². The van der Waals surface area contributed by atoms with Crippen LogP contribution in [0.3, 0.4) is 0 Å². The maximum absolute atomic E-state index is 10.2. The van der Waals surface area contributed by atoms with Gasteiger partial charge in [-0.25, -0.2) is 0 Å². The quantitative estimate of drug-likeness (QED) is 0.750. The molecular weight excluding hydrogens is 232 g/mol. The van der Waals surface area contributed by atoms with E-state index in [9.17, 15) is 10.2 Å². The number of aryl methyl sites for hydroxylation is 2. The molecule has 0 amide bonds. The second kappa shape index (κ2) is 3.67. The Kier molecular flexibility index (Phi) is 2.36. The highest BCUT2D eigenvalue weighted by molar-refractivity contribution is 7.15. The van der Waals surface area contributed by atoms with Gasteiger partial charge in [0.15, 0.2) is 0 Å². The molecule has 0 saturated carbocycles. The summed E-state index contributed by atoms with van der Waals surface area (Å²) in [4.78, 5) is 2.25. The van der Waals surface area contributed by atoms with Crippen LogP contribution in [0.4, 0.5) is 0 Å². The van der Waals surface area contributed by atoms with E-state index in [1.54, 1.807) is 11.3 Å². The molecule has 2 unspecified atom stereocenters. The van der Waals surface area contributed by atoms with Crippen LogP contribution in [0.25, 0.3) is 10.4 Å². The zero-order valence-electron chi connectivity index (χ0n) is 9.77. The van der Waals surface area contributed by atoms with E-state index in [1.165, 1.54) is 0 Å². The van der Waals surface area contributed by atoms with Crippen LogP contribution in [-0.2, 0) is 0 Å². The van der Waals surface area contributed by atoms with Gasteiger partial charge in [-0.05, 0) is 31.0 Å². The lowest BCUT2D eigenvalue weighted by Crippen LogP contribution is -2.15. The van der Waals surface area contributed by atoms with Crippen LogP contribution in [0.5, 0.6) is 0 Å². The number of hydrogen-bond donors (Lipinski definition) is 2. The number of aliphatic hydroxyl groups is 2. The molecule has 2 N–H and O–H groups in total. The Labute approximate surface area is 104 Å². The molecule has 0 radical (unpaired) electrons. The predicted octanol–water partition coefficient (Wildman–Crippen LogP) is 3.11. The van der Waals surface area contributed by atoms with Crippen molar-refractivity contribution in [1.29, 1.82) is 0 Å². The zero-order chi connectivity index (χ0) is 12.2. The van der Waals surface area contributed by atoms with Crippen LogP contribution in [0, 0.1) is 13.8 Å². The third-order valence-electron chi connectivity index (χ3n) is 3.27. The molecule has 2 aromatic rings. The molecule has 3 heteroatoms. The zero-order valence-corrected chi connectivity index (χ0v) is 10.6. The molecule has 1 aromatic heterocycles. The monoisotopic (exact) mass is 246 g/mol. The van der Waals surface area contributed by atoms with E-state index in [1.807, 2.05) is 38.1 Å². The van der Waals surface area contributed by atoms with Crippen molar-refractivity contribution in [2.75, 3.05) is 0 Å². The molecule has 0 bridgehead atoms. The second-order valence-corrected chi connectivity index (χ2v) is 5.88. The molecule has 1 aliphatic rings. The van der Waals surface area contributed by atoms with Crippen molar-refractivity contribution in [3.63, 3.8) is 0 Å². The minimum atomic E-state index is -0.814. The minimum absolute atomic E-state index is 0.802. The summed E-state index contributed by atoms with van der Waals surface area (Å²) in [5.74, 6) is 0. The van der Waals surface area contributed by atoms with E-state index < -0.39 is 12.2 Å². The van der Waals surface area contributed by atoms with Gasteiger partial charge in [-0.2, -0.15) is 0 Å². The van der Waals surface area contributed by atoms with E-state index >= 15 is 0 Å². The molecule has 0 saturated heterocycles. The minimum Gasteiger partial charge on any atom is -0.385 e. The molecule has 0 aliphatic heterocycles. The van der Waals surface area contributed by atoms with E-state index in [4.69, 9.17) is 0 Å². The fourth-order valence-corrected chi connectivity index (χ4v) is 3.54. The Hall–Kier alpha value is -1.16. The van der Waals surface area contributed by atoms with E-state index in [0.717, 1.165) is 32.0 Å². The number of benzene rings is 1. The first kappa shape index (κ1) is 11.0. The van der Waals surface area contributed by atoms with E-state index in [2.05, 4.69) is 0 Å². The molecule has 17 heavy (non-hydrogen) atoms. The van der Waals surface area contributed by atoms with Crippen molar-refractivity contribution in [1.82, 2.24) is 0 Å². The molecule has 2 atom stereocenters. The lowest BCUT2D eigenvalue weighted by atomic mass is 9.86. The summed E-state index contributed by atoms with van der Waals surface area (Å²) >= 11 is 1.67. The third kappa shape index (κ3) is 1.54. The summed E-state index contributed by atoms with van der Waals surface area (Å²) in [6.07, 6.45) is -1.62. The highest BCUT2D eigenvalue weighted by Crippen LogP contribution is 2.48. The summed E-state index contributed by atoms with van der Waals surface area (Å²) in [5, 5.41) is 20.3. The summed E-state index contributed by atoms with van der Waals surface area (Å²) < 4.78 is 0. The Morgan fingerprint density at radius 2 is 1.71 bits per heavy atom. The van der Waals surface area contributed by atoms with Gasteiger partial charge < -0.3 is 10.2 Å². The molecule has 88 valence electrons. The molecule has 3 rings (SSSR count). The summed E-state index contributed by atoms with van der Waals surface area (Å²) in [6, 6.07) is 8.01. The number of thiophene rings is 1. The van der Waals surface area contributed by atoms with Gasteiger partial charge in [0.2, 0.25) is 0 Å². The first-order chi connectivity index (χ1) is 8.08. The molecular formula is C14H14O2S. The van der Waals surface area contributed by atoms with Crippen molar-refractivity contribution < 1.29 is 10.2 Å².